The molecule has 0 amide bonds. The maximum absolute atomic E-state index is 9.37. The van der Waals surface area contributed by atoms with Crippen LogP contribution in [0.15, 0.2) is 23.0 Å². The number of rotatable bonds is 2. The van der Waals surface area contributed by atoms with Gasteiger partial charge < -0.3 is 9.63 Å². The highest BCUT2D eigenvalue weighted by Gasteiger charge is 2.22. The van der Waals surface area contributed by atoms with Crippen LogP contribution in [0.25, 0.3) is 11.5 Å². The van der Waals surface area contributed by atoms with E-state index in [-0.39, 0.29) is 5.75 Å². The Bertz CT molecular complexity index is 541. The first-order valence-corrected chi connectivity index (χ1v) is 7.70. The minimum Gasteiger partial charge on any atom is -0.506 e. The lowest BCUT2D eigenvalue weighted by Gasteiger charge is -2.16. The molecule has 0 bridgehead atoms. The number of thioether (sulfide) groups is 2. The van der Waals surface area contributed by atoms with Crippen molar-refractivity contribution in [3.05, 3.63) is 24.3 Å². The third-order valence-corrected chi connectivity index (χ3v) is 5.27. The molecule has 0 aliphatic carbocycles. The van der Waals surface area contributed by atoms with Gasteiger partial charge in [-0.05, 0) is 6.07 Å². The molecule has 94 valence electrons. The molecule has 1 aliphatic rings. The fourth-order valence-electron chi connectivity index (χ4n) is 1.66. The predicted octanol–water partition coefficient (Wildman–Crippen LogP) is 2.36. The first-order valence-electron chi connectivity index (χ1n) is 5.50. The molecule has 0 radical (unpaired) electrons. The lowest BCUT2D eigenvalue weighted by Crippen LogP contribution is -2.07. The summed E-state index contributed by atoms with van der Waals surface area (Å²) in [5, 5.41) is 13.7. The molecule has 1 unspecified atom stereocenters. The van der Waals surface area contributed by atoms with E-state index in [0.29, 0.717) is 16.7 Å². The fourth-order valence-corrected chi connectivity index (χ4v) is 4.25. The summed E-state index contributed by atoms with van der Waals surface area (Å²) in [6.45, 7) is 0. The van der Waals surface area contributed by atoms with Gasteiger partial charge in [0.2, 0.25) is 0 Å². The van der Waals surface area contributed by atoms with E-state index in [4.69, 9.17) is 4.52 Å². The molecule has 2 aromatic heterocycles. The highest BCUT2D eigenvalue weighted by atomic mass is 32.2. The Kier molecular flexibility index (Phi) is 3.42. The van der Waals surface area contributed by atoms with Crippen molar-refractivity contribution >= 4 is 23.5 Å². The highest BCUT2D eigenvalue weighted by molar-refractivity contribution is 8.06. The van der Waals surface area contributed by atoms with Crippen LogP contribution >= 0.6 is 23.5 Å². The molecular formula is C11H11N3O2S2. The summed E-state index contributed by atoms with van der Waals surface area (Å²) in [6, 6.07) is 1.56. The molecule has 7 heteroatoms. The van der Waals surface area contributed by atoms with Crippen molar-refractivity contribution in [2.24, 2.45) is 0 Å². The van der Waals surface area contributed by atoms with E-state index >= 15 is 0 Å². The second-order valence-electron chi connectivity index (χ2n) is 3.82. The van der Waals surface area contributed by atoms with Gasteiger partial charge in [0.05, 0.1) is 17.0 Å². The summed E-state index contributed by atoms with van der Waals surface area (Å²) >= 11 is 3.77. The van der Waals surface area contributed by atoms with Gasteiger partial charge in [0.15, 0.2) is 5.82 Å². The van der Waals surface area contributed by atoms with Gasteiger partial charge in [-0.2, -0.15) is 16.7 Å². The van der Waals surface area contributed by atoms with Gasteiger partial charge in [-0.1, -0.05) is 5.16 Å². The van der Waals surface area contributed by atoms with E-state index in [1.807, 2.05) is 23.5 Å². The maximum Gasteiger partial charge on any atom is 0.259 e. The van der Waals surface area contributed by atoms with E-state index in [1.165, 1.54) is 11.9 Å². The van der Waals surface area contributed by atoms with Crippen LogP contribution in [0.2, 0.25) is 0 Å². The van der Waals surface area contributed by atoms with E-state index in [9.17, 15) is 5.11 Å². The largest absolute Gasteiger partial charge is 0.506 e. The molecule has 18 heavy (non-hydrogen) atoms. The van der Waals surface area contributed by atoms with Gasteiger partial charge in [0.1, 0.15) is 5.75 Å². The second-order valence-corrected chi connectivity index (χ2v) is 6.28. The molecule has 1 atom stereocenters. The molecule has 1 N–H and O–H groups in total. The van der Waals surface area contributed by atoms with Crippen LogP contribution in [0.5, 0.6) is 5.75 Å². The first-order chi connectivity index (χ1) is 8.83. The molecule has 1 aliphatic heterocycles. The van der Waals surface area contributed by atoms with Gasteiger partial charge in [-0.3, -0.25) is 4.98 Å². The zero-order valence-electron chi connectivity index (χ0n) is 9.44. The topological polar surface area (TPSA) is 72.0 Å². The molecule has 0 saturated carbocycles. The summed E-state index contributed by atoms with van der Waals surface area (Å²) in [5.74, 6) is 4.54. The molecule has 3 rings (SSSR count). The van der Waals surface area contributed by atoms with Crippen molar-refractivity contribution in [2.45, 2.75) is 5.25 Å². The molecule has 5 nitrogen and oxygen atoms in total. The molecule has 3 heterocycles. The van der Waals surface area contributed by atoms with Crippen LogP contribution < -0.4 is 0 Å². The van der Waals surface area contributed by atoms with E-state index < -0.39 is 0 Å². The van der Waals surface area contributed by atoms with E-state index in [0.717, 1.165) is 17.3 Å². The molecule has 1 fully saturated rings. The van der Waals surface area contributed by atoms with Crippen molar-refractivity contribution in [1.82, 2.24) is 15.1 Å². The zero-order valence-corrected chi connectivity index (χ0v) is 11.1. The fraction of sp³-hybridized carbons (Fsp3) is 0.364. The van der Waals surface area contributed by atoms with Gasteiger partial charge >= 0.3 is 0 Å². The summed E-state index contributed by atoms with van der Waals surface area (Å²) in [4.78, 5) is 8.28. The van der Waals surface area contributed by atoms with Crippen LogP contribution in [-0.2, 0) is 0 Å². The second kappa shape index (κ2) is 5.19. The monoisotopic (exact) mass is 281 g/mol. The Hall–Kier alpha value is -1.21. The van der Waals surface area contributed by atoms with Crippen LogP contribution in [0.1, 0.15) is 11.1 Å². The van der Waals surface area contributed by atoms with Crippen molar-refractivity contribution in [2.75, 3.05) is 17.3 Å². The summed E-state index contributed by atoms with van der Waals surface area (Å²) in [5.41, 5.74) is 0.641. The third-order valence-electron chi connectivity index (χ3n) is 2.52. The van der Waals surface area contributed by atoms with Gasteiger partial charge in [-0.15, -0.1) is 11.8 Å². The summed E-state index contributed by atoms with van der Waals surface area (Å²) in [6.07, 6.45) is 2.97. The Morgan fingerprint density at radius 3 is 3.06 bits per heavy atom. The van der Waals surface area contributed by atoms with Crippen LogP contribution in [0.4, 0.5) is 0 Å². The van der Waals surface area contributed by atoms with Gasteiger partial charge in [0, 0.05) is 23.5 Å². The minimum absolute atomic E-state index is 0.0925. The average Bonchev–Trinajstić information content (AvgIpc) is 2.89. The smallest absolute Gasteiger partial charge is 0.259 e. The quantitative estimate of drug-likeness (QED) is 0.905. The molecule has 2 aromatic rings. The standard InChI is InChI=1S/C11H11N3O2S2/c15-8-3-7(4-12-5-8)11-13-10(14-16-11)9-6-17-1-2-18-9/h3-5,9,15H,1-2,6H2. The number of aromatic nitrogens is 3. The van der Waals surface area contributed by atoms with Crippen LogP contribution in [-0.4, -0.2) is 37.5 Å². The maximum atomic E-state index is 9.37. The lowest BCUT2D eigenvalue weighted by atomic mass is 10.3. The Balaban J connectivity index is 1.84. The van der Waals surface area contributed by atoms with Crippen molar-refractivity contribution in [1.29, 1.82) is 0 Å². The molecule has 0 spiro atoms. The third kappa shape index (κ3) is 2.46. The average molecular weight is 281 g/mol. The molecule has 0 aromatic carbocycles. The SMILES string of the molecule is Oc1cncc(-c2nc(C3CSCCS3)no2)c1. The van der Waals surface area contributed by atoms with Gasteiger partial charge in [-0.25, -0.2) is 0 Å². The van der Waals surface area contributed by atoms with Crippen LogP contribution in [0, 0.1) is 0 Å². The lowest BCUT2D eigenvalue weighted by molar-refractivity contribution is 0.422. The summed E-state index contributed by atoms with van der Waals surface area (Å²) in [7, 11) is 0. The predicted molar refractivity (Wildman–Crippen MR) is 71.7 cm³/mol. The molecular weight excluding hydrogens is 270 g/mol. The van der Waals surface area contributed by atoms with Crippen molar-refractivity contribution < 1.29 is 9.63 Å². The number of hydrogen-bond donors (Lipinski definition) is 1. The van der Waals surface area contributed by atoms with Crippen molar-refractivity contribution in [3.8, 4) is 17.2 Å². The highest BCUT2D eigenvalue weighted by Crippen LogP contribution is 2.35. The van der Waals surface area contributed by atoms with Crippen molar-refractivity contribution in [3.63, 3.8) is 0 Å². The number of aromatic hydroxyl groups is 1. The minimum atomic E-state index is 0.0925. The van der Waals surface area contributed by atoms with E-state index in [2.05, 4.69) is 15.1 Å². The van der Waals surface area contributed by atoms with Crippen LogP contribution in [0.3, 0.4) is 0 Å². The van der Waals surface area contributed by atoms with Gasteiger partial charge in [0.25, 0.3) is 5.89 Å². The number of hydrogen-bond acceptors (Lipinski definition) is 7. The Morgan fingerprint density at radius 1 is 1.33 bits per heavy atom. The number of nitrogens with zero attached hydrogens (tertiary/aromatic N) is 3. The molecule has 1 saturated heterocycles. The summed E-state index contributed by atoms with van der Waals surface area (Å²) < 4.78 is 5.22. The normalized spacial score (nSPS) is 19.9. The Labute approximate surface area is 112 Å². The first kappa shape index (κ1) is 11.9. The number of pyridine rings is 1. The van der Waals surface area contributed by atoms with E-state index in [1.54, 1.807) is 12.3 Å². The Morgan fingerprint density at radius 2 is 2.28 bits per heavy atom. The zero-order chi connectivity index (χ0) is 12.4.